The Labute approximate surface area is 166 Å². The van der Waals surface area contributed by atoms with E-state index in [9.17, 15) is 17.6 Å². The van der Waals surface area contributed by atoms with Gasteiger partial charge in [-0.05, 0) is 36.4 Å². The van der Waals surface area contributed by atoms with Gasteiger partial charge < -0.3 is 14.4 Å². The van der Waals surface area contributed by atoms with Crippen LogP contribution in [0.15, 0.2) is 54.7 Å². The molecule has 4 nitrogen and oxygen atoms in total. The van der Waals surface area contributed by atoms with E-state index >= 15 is 0 Å². The highest BCUT2D eigenvalue weighted by Crippen LogP contribution is 2.32. The lowest BCUT2D eigenvalue weighted by Crippen LogP contribution is -2.47. The molecule has 0 aliphatic carbocycles. The van der Waals surface area contributed by atoms with Crippen molar-refractivity contribution in [2.45, 2.75) is 6.18 Å². The molecule has 0 unspecified atom stereocenters. The van der Waals surface area contributed by atoms with Crippen LogP contribution in [-0.4, -0.2) is 35.7 Å². The van der Waals surface area contributed by atoms with Crippen molar-refractivity contribution in [2.75, 3.05) is 36.0 Å². The summed E-state index contributed by atoms with van der Waals surface area (Å²) in [5.41, 5.74) is 1.23. The maximum Gasteiger partial charge on any atom is 0.416 e. The van der Waals surface area contributed by atoms with Crippen molar-refractivity contribution in [3.63, 3.8) is 0 Å². The molecule has 29 heavy (non-hydrogen) atoms. The number of benzene rings is 2. The first kappa shape index (κ1) is 19.3. The molecule has 1 saturated heterocycles. The highest BCUT2D eigenvalue weighted by atomic mass is 19.4. The Morgan fingerprint density at radius 2 is 1.55 bits per heavy atom. The molecule has 2 aromatic carbocycles. The van der Waals surface area contributed by atoms with E-state index in [0.717, 1.165) is 36.9 Å². The van der Waals surface area contributed by atoms with E-state index in [1.165, 1.54) is 18.2 Å². The molecule has 1 aliphatic rings. The highest BCUT2D eigenvalue weighted by molar-refractivity contribution is 5.62. The quantitative estimate of drug-likeness (QED) is 0.598. The van der Waals surface area contributed by atoms with Crippen LogP contribution in [0.25, 0.3) is 11.3 Å². The topological polar surface area (TPSA) is 24.3 Å². The van der Waals surface area contributed by atoms with Crippen molar-refractivity contribution in [3.8, 4) is 11.3 Å². The summed E-state index contributed by atoms with van der Waals surface area (Å²) in [5.74, 6) is 0.457. The van der Waals surface area contributed by atoms with E-state index in [0.29, 0.717) is 24.3 Å². The minimum absolute atomic E-state index is 0.262. The summed E-state index contributed by atoms with van der Waals surface area (Å²) in [6.07, 6.45) is -2.64. The molecule has 8 heteroatoms. The average molecular weight is 404 g/mol. The monoisotopic (exact) mass is 404 g/mol. The molecule has 1 fully saturated rings. The molecule has 4 rings (SSSR count). The predicted molar refractivity (Wildman–Crippen MR) is 104 cm³/mol. The molecule has 2 heterocycles. The van der Waals surface area contributed by atoms with E-state index in [2.05, 4.69) is 14.8 Å². The number of rotatable bonds is 3. The molecule has 0 amide bonds. The molecule has 0 bridgehead atoms. The second-order valence-electron chi connectivity index (χ2n) is 7.07. The Kier molecular flexibility index (Phi) is 4.94. The molecule has 1 aliphatic heterocycles. The number of aromatic nitrogens is 2. The van der Waals surface area contributed by atoms with Gasteiger partial charge in [0.05, 0.1) is 11.3 Å². The lowest BCUT2D eigenvalue weighted by molar-refractivity contribution is -0.137. The minimum atomic E-state index is -4.38. The zero-order valence-corrected chi connectivity index (χ0v) is 15.8. The molecular formula is C21H20F4N4. The van der Waals surface area contributed by atoms with Gasteiger partial charge in [-0.25, -0.2) is 9.37 Å². The van der Waals surface area contributed by atoms with Crippen molar-refractivity contribution in [3.05, 3.63) is 66.1 Å². The number of imidazole rings is 1. The second kappa shape index (κ2) is 7.42. The molecule has 152 valence electrons. The van der Waals surface area contributed by atoms with Gasteiger partial charge in [-0.1, -0.05) is 12.1 Å². The first-order valence-electron chi connectivity index (χ1n) is 9.28. The van der Waals surface area contributed by atoms with Gasteiger partial charge in [-0.15, -0.1) is 0 Å². The van der Waals surface area contributed by atoms with Crippen LogP contribution in [0.5, 0.6) is 0 Å². The van der Waals surface area contributed by atoms with Crippen molar-refractivity contribution >= 4 is 11.6 Å². The summed E-state index contributed by atoms with van der Waals surface area (Å²) in [7, 11) is 1.84. The summed E-state index contributed by atoms with van der Waals surface area (Å²) in [6.45, 7) is 2.92. The molecule has 0 atom stereocenters. The largest absolute Gasteiger partial charge is 0.416 e. The van der Waals surface area contributed by atoms with Crippen molar-refractivity contribution in [2.24, 2.45) is 7.05 Å². The molecule has 1 aromatic heterocycles. The maximum absolute atomic E-state index is 13.1. The van der Waals surface area contributed by atoms with Crippen LogP contribution in [0.2, 0.25) is 0 Å². The maximum atomic E-state index is 13.1. The third-order valence-corrected chi connectivity index (χ3v) is 5.09. The van der Waals surface area contributed by atoms with Crippen molar-refractivity contribution in [1.82, 2.24) is 9.55 Å². The second-order valence-corrected chi connectivity index (χ2v) is 7.07. The van der Waals surface area contributed by atoms with Crippen LogP contribution in [0.1, 0.15) is 5.56 Å². The number of aryl methyl sites for hydroxylation is 1. The zero-order chi connectivity index (χ0) is 20.6. The standard InChI is InChI=1S/C21H20F4N4/c1-27-14-19(15-3-2-4-16(13-15)21(23,24)25)26-20(27)29-11-9-28(10-12-29)18-7-5-17(22)6-8-18/h2-8,13-14H,9-12H2,1H3. The molecule has 0 radical (unpaired) electrons. The summed E-state index contributed by atoms with van der Waals surface area (Å²) < 4.78 is 53.9. The average Bonchev–Trinajstić information content (AvgIpc) is 3.10. The van der Waals surface area contributed by atoms with Crippen LogP contribution in [0.3, 0.4) is 0 Å². The van der Waals surface area contributed by atoms with E-state index in [4.69, 9.17) is 0 Å². The lowest BCUT2D eigenvalue weighted by Gasteiger charge is -2.36. The van der Waals surface area contributed by atoms with Gasteiger partial charge in [0.15, 0.2) is 0 Å². The zero-order valence-electron chi connectivity index (χ0n) is 15.8. The van der Waals surface area contributed by atoms with Crippen LogP contribution in [-0.2, 0) is 13.2 Å². The highest BCUT2D eigenvalue weighted by Gasteiger charge is 2.30. The lowest BCUT2D eigenvalue weighted by atomic mass is 10.1. The molecule has 0 N–H and O–H groups in total. The number of nitrogens with zero attached hydrogens (tertiary/aromatic N) is 4. The van der Waals surface area contributed by atoms with Gasteiger partial charge in [0.2, 0.25) is 5.95 Å². The van der Waals surface area contributed by atoms with Gasteiger partial charge in [-0.2, -0.15) is 13.2 Å². The van der Waals surface area contributed by atoms with Crippen LogP contribution in [0.4, 0.5) is 29.2 Å². The predicted octanol–water partition coefficient (Wildman–Crippen LogP) is 4.57. The Balaban J connectivity index is 1.50. The van der Waals surface area contributed by atoms with E-state index in [1.807, 2.05) is 11.6 Å². The third kappa shape index (κ3) is 4.06. The number of hydrogen-bond donors (Lipinski definition) is 0. The molecule has 0 spiro atoms. The van der Waals surface area contributed by atoms with Crippen molar-refractivity contribution in [1.29, 1.82) is 0 Å². The first-order chi connectivity index (χ1) is 13.8. The van der Waals surface area contributed by atoms with Crippen LogP contribution >= 0.6 is 0 Å². The van der Waals surface area contributed by atoms with Gasteiger partial charge in [0.25, 0.3) is 0 Å². The van der Waals surface area contributed by atoms with Gasteiger partial charge in [0.1, 0.15) is 5.82 Å². The fourth-order valence-electron chi connectivity index (χ4n) is 3.56. The Bertz CT molecular complexity index is 987. The number of piperazine rings is 1. The normalized spacial score (nSPS) is 15.1. The first-order valence-corrected chi connectivity index (χ1v) is 9.28. The van der Waals surface area contributed by atoms with Gasteiger partial charge in [-0.3, -0.25) is 0 Å². The summed E-state index contributed by atoms with van der Waals surface area (Å²) in [6, 6.07) is 11.6. The van der Waals surface area contributed by atoms with Gasteiger partial charge >= 0.3 is 6.18 Å². The SMILES string of the molecule is Cn1cc(-c2cccc(C(F)(F)F)c2)nc1N1CCN(c2ccc(F)cc2)CC1. The summed E-state index contributed by atoms with van der Waals surface area (Å²) >= 11 is 0. The fraction of sp³-hybridized carbons (Fsp3) is 0.286. The fourth-order valence-corrected chi connectivity index (χ4v) is 3.56. The number of hydrogen-bond acceptors (Lipinski definition) is 3. The third-order valence-electron chi connectivity index (χ3n) is 5.09. The van der Waals surface area contributed by atoms with E-state index < -0.39 is 11.7 Å². The smallest absolute Gasteiger partial charge is 0.368 e. The van der Waals surface area contributed by atoms with E-state index in [-0.39, 0.29) is 5.82 Å². The number of halogens is 4. The minimum Gasteiger partial charge on any atom is -0.368 e. The molecule has 3 aromatic rings. The number of alkyl halides is 3. The Morgan fingerprint density at radius 3 is 2.21 bits per heavy atom. The Hall–Kier alpha value is -3.03. The van der Waals surface area contributed by atoms with Crippen LogP contribution < -0.4 is 9.80 Å². The molecule has 0 saturated carbocycles. The van der Waals surface area contributed by atoms with Gasteiger partial charge in [0, 0.05) is 50.7 Å². The van der Waals surface area contributed by atoms with E-state index in [1.54, 1.807) is 24.4 Å². The number of anilines is 2. The van der Waals surface area contributed by atoms with Crippen LogP contribution in [0, 0.1) is 5.82 Å². The van der Waals surface area contributed by atoms with Crippen molar-refractivity contribution < 1.29 is 17.6 Å². The summed E-state index contributed by atoms with van der Waals surface area (Å²) in [5, 5.41) is 0. The molecular weight excluding hydrogens is 384 g/mol. The summed E-state index contributed by atoms with van der Waals surface area (Å²) in [4.78, 5) is 8.87. The Morgan fingerprint density at radius 1 is 0.897 bits per heavy atom.